The van der Waals surface area contributed by atoms with Gasteiger partial charge in [0.1, 0.15) is 0 Å². The van der Waals surface area contributed by atoms with E-state index in [1.165, 1.54) is 11.1 Å². The topological polar surface area (TPSA) is 59.6 Å². The van der Waals surface area contributed by atoms with Crippen molar-refractivity contribution in [1.29, 1.82) is 0 Å². The molecule has 2 rings (SSSR count). The first kappa shape index (κ1) is 21.2. The van der Waals surface area contributed by atoms with Crippen molar-refractivity contribution in [3.8, 4) is 0 Å². The van der Waals surface area contributed by atoms with E-state index in [1.54, 1.807) is 0 Å². The molecule has 0 aliphatic carbocycles. The average Bonchev–Trinajstić information content (AvgIpc) is 2.48. The van der Waals surface area contributed by atoms with Crippen molar-refractivity contribution in [3.63, 3.8) is 0 Å². The van der Waals surface area contributed by atoms with Crippen LogP contribution in [0.4, 0.5) is 5.69 Å². The number of aryl methyl sites for hydroxylation is 2. The van der Waals surface area contributed by atoms with Gasteiger partial charge in [-0.25, -0.2) is 0 Å². The molecule has 0 saturated carbocycles. The molecule has 5 heteroatoms. The third kappa shape index (κ3) is 5.92. The summed E-state index contributed by atoms with van der Waals surface area (Å²) in [4.78, 5) is 4.56. The summed E-state index contributed by atoms with van der Waals surface area (Å²) in [7, 11) is 0. The fraction of sp³-hybridized carbons (Fsp3) is 0.632. The summed E-state index contributed by atoms with van der Waals surface area (Å²) in [5.74, 6) is 0.912. The highest BCUT2D eigenvalue weighted by Gasteiger charge is 2.35. The predicted octanol–water partition coefficient (Wildman–Crippen LogP) is 4.49. The maximum absolute atomic E-state index is 6.06. The van der Waals surface area contributed by atoms with Crippen LogP contribution in [-0.2, 0) is 4.74 Å². The summed E-state index contributed by atoms with van der Waals surface area (Å²) < 4.78 is 6.00. The molecule has 0 radical (unpaired) electrons. The molecule has 1 aliphatic rings. The van der Waals surface area contributed by atoms with Crippen LogP contribution in [0.2, 0.25) is 0 Å². The highest BCUT2D eigenvalue weighted by Crippen LogP contribution is 2.34. The van der Waals surface area contributed by atoms with Crippen molar-refractivity contribution in [2.45, 2.75) is 53.6 Å². The van der Waals surface area contributed by atoms with Crippen molar-refractivity contribution in [2.75, 3.05) is 18.5 Å². The standard InChI is InChI=1S/C19H31N3O.HI/c1-13-8-9-16(11-14(13)2)22-18(20)21-12-15-7-6-10-23-17(15)19(3,4)5;/h8-9,11,15,17H,6-7,10,12H2,1-5H3,(H3,20,21,22);1H. The number of halogens is 1. The Bertz CT molecular complexity index is 566. The molecule has 4 nitrogen and oxygen atoms in total. The molecule has 0 aromatic heterocycles. The Balaban J connectivity index is 0.00000288. The number of ether oxygens (including phenoxy) is 1. The molecule has 3 N–H and O–H groups in total. The first-order valence-corrected chi connectivity index (χ1v) is 8.53. The van der Waals surface area contributed by atoms with Gasteiger partial charge in [-0.15, -0.1) is 24.0 Å². The molecule has 1 saturated heterocycles. The van der Waals surface area contributed by atoms with Crippen molar-refractivity contribution >= 4 is 35.6 Å². The molecule has 2 unspecified atom stereocenters. The van der Waals surface area contributed by atoms with Gasteiger partial charge in [0.2, 0.25) is 0 Å². The maximum Gasteiger partial charge on any atom is 0.193 e. The van der Waals surface area contributed by atoms with Gasteiger partial charge in [0.05, 0.1) is 6.10 Å². The van der Waals surface area contributed by atoms with Gasteiger partial charge in [-0.1, -0.05) is 26.8 Å². The van der Waals surface area contributed by atoms with Crippen molar-refractivity contribution in [3.05, 3.63) is 29.3 Å². The van der Waals surface area contributed by atoms with E-state index in [0.29, 0.717) is 18.4 Å². The number of nitrogens with two attached hydrogens (primary N) is 1. The van der Waals surface area contributed by atoms with Gasteiger partial charge in [-0.2, -0.15) is 0 Å². The monoisotopic (exact) mass is 445 g/mol. The Labute approximate surface area is 163 Å². The van der Waals surface area contributed by atoms with Crippen LogP contribution in [-0.4, -0.2) is 25.2 Å². The van der Waals surface area contributed by atoms with E-state index in [4.69, 9.17) is 10.5 Å². The molecular weight excluding hydrogens is 413 g/mol. The second-order valence-electron chi connectivity index (χ2n) is 7.71. The van der Waals surface area contributed by atoms with Crippen LogP contribution in [0.25, 0.3) is 0 Å². The fourth-order valence-corrected chi connectivity index (χ4v) is 3.21. The number of anilines is 1. The summed E-state index contributed by atoms with van der Waals surface area (Å²) >= 11 is 0. The Hall–Kier alpha value is -0.820. The molecule has 0 amide bonds. The zero-order chi connectivity index (χ0) is 17.0. The van der Waals surface area contributed by atoms with E-state index in [0.717, 1.165) is 25.1 Å². The van der Waals surface area contributed by atoms with Gasteiger partial charge in [0.15, 0.2) is 5.96 Å². The molecular formula is C19H32IN3O. The maximum atomic E-state index is 6.06. The lowest BCUT2D eigenvalue weighted by Crippen LogP contribution is -2.41. The van der Waals surface area contributed by atoms with E-state index in [9.17, 15) is 0 Å². The Morgan fingerprint density at radius 3 is 2.62 bits per heavy atom. The zero-order valence-corrected chi connectivity index (χ0v) is 17.9. The summed E-state index contributed by atoms with van der Waals surface area (Å²) in [5.41, 5.74) is 9.71. The number of aliphatic imine (C=N–C) groups is 1. The Kier molecular flexibility index (Phi) is 7.99. The zero-order valence-electron chi connectivity index (χ0n) is 15.6. The second kappa shape index (κ2) is 9.04. The van der Waals surface area contributed by atoms with E-state index < -0.39 is 0 Å². The summed E-state index contributed by atoms with van der Waals surface area (Å²) in [5, 5.41) is 3.19. The van der Waals surface area contributed by atoms with Gasteiger partial charge in [-0.3, -0.25) is 4.99 Å². The summed E-state index contributed by atoms with van der Waals surface area (Å²) in [6, 6.07) is 6.22. The predicted molar refractivity (Wildman–Crippen MR) is 113 cm³/mol. The van der Waals surface area contributed by atoms with Crippen molar-refractivity contribution in [2.24, 2.45) is 22.1 Å². The summed E-state index contributed by atoms with van der Waals surface area (Å²) in [6.07, 6.45) is 2.51. The van der Waals surface area contributed by atoms with E-state index in [2.05, 4.69) is 57.1 Å². The van der Waals surface area contributed by atoms with Crippen LogP contribution in [0, 0.1) is 25.2 Å². The molecule has 1 fully saturated rings. The quantitative estimate of drug-likeness (QED) is 0.410. The fourth-order valence-electron chi connectivity index (χ4n) is 3.21. The minimum absolute atomic E-state index is 0. The van der Waals surface area contributed by atoms with Crippen LogP contribution >= 0.6 is 24.0 Å². The van der Waals surface area contributed by atoms with Crippen LogP contribution in [0.5, 0.6) is 0 Å². The third-order valence-corrected chi connectivity index (χ3v) is 4.57. The number of hydrogen-bond acceptors (Lipinski definition) is 2. The van der Waals surface area contributed by atoms with Crippen molar-refractivity contribution < 1.29 is 4.74 Å². The van der Waals surface area contributed by atoms with Gasteiger partial charge in [0.25, 0.3) is 0 Å². The molecule has 1 aliphatic heterocycles. The second-order valence-corrected chi connectivity index (χ2v) is 7.71. The first-order chi connectivity index (χ1) is 10.8. The Morgan fingerprint density at radius 2 is 2.00 bits per heavy atom. The van der Waals surface area contributed by atoms with Gasteiger partial charge < -0.3 is 15.8 Å². The molecule has 0 spiro atoms. The SMILES string of the molecule is Cc1ccc(NC(N)=NCC2CCCOC2C(C)(C)C)cc1C.I. The molecule has 1 aromatic rings. The smallest absolute Gasteiger partial charge is 0.193 e. The number of hydrogen-bond donors (Lipinski definition) is 2. The minimum atomic E-state index is 0. The van der Waals surface area contributed by atoms with E-state index >= 15 is 0 Å². The normalized spacial score (nSPS) is 22.0. The Morgan fingerprint density at radius 1 is 1.29 bits per heavy atom. The van der Waals surface area contributed by atoms with Gasteiger partial charge >= 0.3 is 0 Å². The lowest BCUT2D eigenvalue weighted by Gasteiger charge is -2.39. The lowest BCUT2D eigenvalue weighted by molar-refractivity contribution is -0.0823. The first-order valence-electron chi connectivity index (χ1n) is 8.53. The average molecular weight is 445 g/mol. The molecule has 1 heterocycles. The number of nitrogens with one attached hydrogen (secondary N) is 1. The highest BCUT2D eigenvalue weighted by atomic mass is 127. The molecule has 2 atom stereocenters. The minimum Gasteiger partial charge on any atom is -0.377 e. The molecule has 1 aromatic carbocycles. The molecule has 136 valence electrons. The van der Waals surface area contributed by atoms with Crippen LogP contribution in [0.1, 0.15) is 44.7 Å². The van der Waals surface area contributed by atoms with Crippen LogP contribution < -0.4 is 11.1 Å². The lowest BCUT2D eigenvalue weighted by atomic mass is 9.78. The number of benzene rings is 1. The largest absolute Gasteiger partial charge is 0.377 e. The van der Waals surface area contributed by atoms with Crippen molar-refractivity contribution in [1.82, 2.24) is 0 Å². The van der Waals surface area contributed by atoms with E-state index in [-0.39, 0.29) is 35.5 Å². The number of rotatable bonds is 3. The van der Waals surface area contributed by atoms with Gasteiger partial charge in [-0.05, 0) is 55.4 Å². The third-order valence-electron chi connectivity index (χ3n) is 4.57. The highest BCUT2D eigenvalue weighted by molar-refractivity contribution is 14.0. The summed E-state index contributed by atoms with van der Waals surface area (Å²) in [6.45, 7) is 12.5. The van der Waals surface area contributed by atoms with Gasteiger partial charge in [0, 0.05) is 24.8 Å². The van der Waals surface area contributed by atoms with Crippen LogP contribution in [0.3, 0.4) is 0 Å². The molecule has 0 bridgehead atoms. The number of guanidine groups is 1. The molecule has 24 heavy (non-hydrogen) atoms. The van der Waals surface area contributed by atoms with E-state index in [1.807, 2.05) is 6.07 Å². The number of nitrogens with zero attached hydrogens (tertiary/aromatic N) is 1. The van der Waals surface area contributed by atoms with Crippen LogP contribution in [0.15, 0.2) is 23.2 Å².